The van der Waals surface area contributed by atoms with Crippen LogP contribution in [0.2, 0.25) is 0 Å². The van der Waals surface area contributed by atoms with Crippen LogP contribution in [0.3, 0.4) is 0 Å². The molecule has 1 unspecified atom stereocenters. The van der Waals surface area contributed by atoms with Crippen molar-refractivity contribution in [3.05, 3.63) is 17.4 Å². The Morgan fingerprint density at radius 3 is 2.23 bits per heavy atom. The molecule has 0 saturated heterocycles. The predicted octanol–water partition coefficient (Wildman–Crippen LogP) is 5.22. The molecule has 0 bridgehead atoms. The highest BCUT2D eigenvalue weighted by Gasteiger charge is 2.46. The molecule has 4 heteroatoms. The molecule has 1 fully saturated rings. The fourth-order valence-corrected chi connectivity index (χ4v) is 3.79. The van der Waals surface area contributed by atoms with Crippen LogP contribution in [0.15, 0.2) is 17.4 Å². The number of hydrogen-bond donors (Lipinski definition) is 0. The molecule has 0 heterocycles. The second-order valence-corrected chi connectivity index (χ2v) is 7.90. The third kappa shape index (κ3) is 5.23. The quantitative estimate of drug-likeness (QED) is 0.337. The number of carbonyl (C=O) groups is 2. The van der Waals surface area contributed by atoms with Crippen LogP contribution in [0, 0.1) is 16.7 Å². The van der Waals surface area contributed by atoms with Crippen LogP contribution < -0.4 is 0 Å². The zero-order valence-corrected chi connectivity index (χ0v) is 17.4. The third-order valence-electron chi connectivity index (χ3n) is 5.34. The first-order valence-electron chi connectivity index (χ1n) is 10.1. The second kappa shape index (κ2) is 9.97. The lowest BCUT2D eigenvalue weighted by atomic mass is 9.68. The van der Waals surface area contributed by atoms with Gasteiger partial charge in [-0.15, -0.1) is 5.73 Å². The molecule has 0 aromatic heterocycles. The van der Waals surface area contributed by atoms with Crippen molar-refractivity contribution >= 4 is 11.9 Å². The summed E-state index contributed by atoms with van der Waals surface area (Å²) < 4.78 is 10.5. The van der Waals surface area contributed by atoms with Gasteiger partial charge in [0.2, 0.25) is 0 Å². The molecule has 1 atom stereocenters. The maximum absolute atomic E-state index is 12.8. The molecule has 1 aliphatic rings. The van der Waals surface area contributed by atoms with Gasteiger partial charge in [0.25, 0.3) is 0 Å². The molecule has 1 saturated carbocycles. The van der Waals surface area contributed by atoms with E-state index >= 15 is 0 Å². The van der Waals surface area contributed by atoms with E-state index in [-0.39, 0.29) is 18.6 Å². The van der Waals surface area contributed by atoms with Gasteiger partial charge in [0.15, 0.2) is 5.41 Å². The molecule has 0 aromatic rings. The van der Waals surface area contributed by atoms with Gasteiger partial charge in [0.05, 0.1) is 13.2 Å². The molecule has 0 radical (unpaired) electrons. The minimum absolute atomic E-state index is 0.0218. The second-order valence-electron chi connectivity index (χ2n) is 7.90. The summed E-state index contributed by atoms with van der Waals surface area (Å²) in [5.41, 5.74) is 3.18. The van der Waals surface area contributed by atoms with Gasteiger partial charge in [-0.1, -0.05) is 47.0 Å². The van der Waals surface area contributed by atoms with Gasteiger partial charge in [-0.05, 0) is 56.1 Å². The van der Waals surface area contributed by atoms with E-state index < -0.39 is 17.4 Å². The predicted molar refractivity (Wildman–Crippen MR) is 104 cm³/mol. The molecular weight excluding hydrogens is 328 g/mol. The number of rotatable bonds is 8. The Morgan fingerprint density at radius 2 is 1.77 bits per heavy atom. The van der Waals surface area contributed by atoms with Crippen LogP contribution in [-0.4, -0.2) is 25.2 Å². The van der Waals surface area contributed by atoms with Crippen molar-refractivity contribution in [2.24, 2.45) is 16.7 Å². The maximum atomic E-state index is 12.8. The zero-order chi connectivity index (χ0) is 19.8. The summed E-state index contributed by atoms with van der Waals surface area (Å²) in [7, 11) is 0. The fourth-order valence-electron chi connectivity index (χ4n) is 3.79. The highest BCUT2D eigenvalue weighted by Crippen LogP contribution is 2.43. The number of carbonyl (C=O) groups excluding carboxylic acids is 2. The van der Waals surface area contributed by atoms with Crippen LogP contribution in [0.1, 0.15) is 80.1 Å². The van der Waals surface area contributed by atoms with E-state index in [0.717, 1.165) is 25.7 Å². The standard InChI is InChI=1S/C22H36O4/c1-7-10-15-22(19(23)25-8-2,20(24)26-9-3)16-13-18-17(4)12-11-14-21(18,5)6/h16-17H,7-12,14-15H2,1-6H3. The highest BCUT2D eigenvalue weighted by atomic mass is 16.6. The summed E-state index contributed by atoms with van der Waals surface area (Å²) in [6.07, 6.45) is 7.05. The van der Waals surface area contributed by atoms with Crippen molar-refractivity contribution in [3.63, 3.8) is 0 Å². The van der Waals surface area contributed by atoms with Crippen molar-refractivity contribution in [1.29, 1.82) is 0 Å². The molecule has 1 rings (SSSR count). The molecule has 0 aliphatic heterocycles. The van der Waals surface area contributed by atoms with Crippen LogP contribution in [0.5, 0.6) is 0 Å². The molecular formula is C22H36O4. The molecule has 0 spiro atoms. The van der Waals surface area contributed by atoms with Crippen LogP contribution in [0.4, 0.5) is 0 Å². The van der Waals surface area contributed by atoms with Crippen LogP contribution in [-0.2, 0) is 19.1 Å². The van der Waals surface area contributed by atoms with Crippen LogP contribution in [0.25, 0.3) is 0 Å². The number of ether oxygens (including phenoxy) is 2. The third-order valence-corrected chi connectivity index (χ3v) is 5.34. The lowest BCUT2D eigenvalue weighted by Crippen LogP contribution is -2.40. The van der Waals surface area contributed by atoms with Gasteiger partial charge < -0.3 is 9.47 Å². The van der Waals surface area contributed by atoms with E-state index in [1.165, 1.54) is 12.0 Å². The van der Waals surface area contributed by atoms with E-state index in [1.54, 1.807) is 19.9 Å². The van der Waals surface area contributed by atoms with E-state index in [0.29, 0.717) is 12.3 Å². The van der Waals surface area contributed by atoms with E-state index in [4.69, 9.17) is 9.47 Å². The van der Waals surface area contributed by atoms with Gasteiger partial charge in [0, 0.05) is 0 Å². The van der Waals surface area contributed by atoms with E-state index in [9.17, 15) is 9.59 Å². The number of hydrogen-bond acceptors (Lipinski definition) is 4. The Hall–Kier alpha value is -1.54. The Kier molecular flexibility index (Phi) is 8.62. The topological polar surface area (TPSA) is 52.6 Å². The van der Waals surface area contributed by atoms with Gasteiger partial charge in [0.1, 0.15) is 0 Å². The average Bonchev–Trinajstić information content (AvgIpc) is 2.57. The summed E-state index contributed by atoms with van der Waals surface area (Å²) >= 11 is 0. The highest BCUT2D eigenvalue weighted by molar-refractivity contribution is 6.02. The van der Waals surface area contributed by atoms with Gasteiger partial charge in [-0.25, -0.2) is 0 Å². The summed E-state index contributed by atoms with van der Waals surface area (Å²) in [6.45, 7) is 12.6. The minimum Gasteiger partial charge on any atom is -0.465 e. The first-order valence-corrected chi connectivity index (χ1v) is 10.1. The minimum atomic E-state index is -1.40. The van der Waals surface area contributed by atoms with Crippen LogP contribution >= 0.6 is 0 Å². The molecule has 148 valence electrons. The zero-order valence-electron chi connectivity index (χ0n) is 17.4. The Morgan fingerprint density at radius 1 is 1.19 bits per heavy atom. The Balaban J connectivity index is 3.47. The molecule has 4 nitrogen and oxygen atoms in total. The van der Waals surface area contributed by atoms with Gasteiger partial charge in [-0.2, -0.15) is 0 Å². The molecule has 0 aromatic carbocycles. The molecule has 0 N–H and O–H groups in total. The fraction of sp³-hybridized carbons (Fsp3) is 0.773. The van der Waals surface area contributed by atoms with Gasteiger partial charge >= 0.3 is 11.9 Å². The van der Waals surface area contributed by atoms with Crippen molar-refractivity contribution in [2.45, 2.75) is 80.1 Å². The number of unbranched alkanes of at least 4 members (excludes halogenated alkanes) is 1. The first-order chi connectivity index (χ1) is 12.2. The SMILES string of the molecule is CCCCC(C=C=C1C(C)CCCC1(C)C)(C(=O)OCC)C(=O)OCC. The number of esters is 2. The molecule has 26 heavy (non-hydrogen) atoms. The average molecular weight is 365 g/mol. The smallest absolute Gasteiger partial charge is 0.328 e. The normalized spacial score (nSPS) is 19.5. The lowest BCUT2D eigenvalue weighted by Gasteiger charge is -2.36. The Labute approximate surface area is 159 Å². The summed E-state index contributed by atoms with van der Waals surface area (Å²) in [4.78, 5) is 25.6. The molecule has 1 aliphatic carbocycles. The monoisotopic (exact) mass is 364 g/mol. The van der Waals surface area contributed by atoms with Crippen molar-refractivity contribution < 1.29 is 19.1 Å². The van der Waals surface area contributed by atoms with E-state index in [2.05, 4.69) is 26.5 Å². The lowest BCUT2D eigenvalue weighted by molar-refractivity contribution is -0.168. The van der Waals surface area contributed by atoms with E-state index in [1.807, 2.05) is 6.92 Å². The summed E-state index contributed by atoms with van der Waals surface area (Å²) in [6, 6.07) is 0. The van der Waals surface area contributed by atoms with Crippen molar-refractivity contribution in [3.8, 4) is 0 Å². The first kappa shape index (κ1) is 22.5. The van der Waals surface area contributed by atoms with Crippen molar-refractivity contribution in [2.75, 3.05) is 13.2 Å². The Bertz CT molecular complexity index is 534. The van der Waals surface area contributed by atoms with Gasteiger partial charge in [-0.3, -0.25) is 9.59 Å². The summed E-state index contributed by atoms with van der Waals surface area (Å²) in [5.74, 6) is -0.661. The summed E-state index contributed by atoms with van der Waals surface area (Å²) in [5, 5.41) is 0. The molecule has 0 amide bonds. The maximum Gasteiger partial charge on any atom is 0.328 e. The van der Waals surface area contributed by atoms with Crippen molar-refractivity contribution in [1.82, 2.24) is 0 Å². The largest absolute Gasteiger partial charge is 0.465 e.